The summed E-state index contributed by atoms with van der Waals surface area (Å²) in [4.78, 5) is 12.1. The monoisotopic (exact) mass is 309 g/mol. The van der Waals surface area contributed by atoms with Crippen LogP contribution in [0.15, 0.2) is 18.2 Å². The van der Waals surface area contributed by atoms with Gasteiger partial charge in [0.15, 0.2) is 0 Å². The number of anilines is 1. The molecule has 0 saturated carbocycles. The van der Waals surface area contributed by atoms with E-state index in [2.05, 4.69) is 15.6 Å². The first-order valence-electron chi connectivity index (χ1n) is 6.27. The predicted molar refractivity (Wildman–Crippen MR) is 79.3 cm³/mol. The van der Waals surface area contributed by atoms with Gasteiger partial charge in [0.1, 0.15) is 12.3 Å². The normalized spacial score (nSPS) is 10.5. The quantitative estimate of drug-likeness (QED) is 0.869. The van der Waals surface area contributed by atoms with Crippen LogP contribution in [-0.4, -0.2) is 28.0 Å². The van der Waals surface area contributed by atoms with Gasteiger partial charge in [-0.1, -0.05) is 16.8 Å². The summed E-state index contributed by atoms with van der Waals surface area (Å²) >= 11 is 5.92. The number of carbonyl (C=O) groups is 1. The third kappa shape index (κ3) is 3.50. The Labute approximate surface area is 127 Å². The highest BCUT2D eigenvalue weighted by Crippen LogP contribution is 2.27. The number of hydrogen-bond donors (Lipinski definition) is 2. The zero-order valence-electron chi connectivity index (χ0n) is 11.8. The van der Waals surface area contributed by atoms with Crippen molar-refractivity contribution in [2.24, 2.45) is 5.73 Å². The minimum Gasteiger partial charge on any atom is -0.495 e. The van der Waals surface area contributed by atoms with Crippen molar-refractivity contribution < 1.29 is 9.53 Å². The number of ether oxygens (including phenoxy) is 1. The number of methoxy groups -OCH3 is 1. The maximum atomic E-state index is 12.1. The predicted octanol–water partition coefficient (Wildman–Crippen LogP) is 1.35. The fourth-order valence-corrected chi connectivity index (χ4v) is 2.01. The second kappa shape index (κ2) is 6.55. The van der Waals surface area contributed by atoms with Gasteiger partial charge < -0.3 is 15.8 Å². The second-order valence-electron chi connectivity index (χ2n) is 4.38. The molecule has 1 amide bonds. The van der Waals surface area contributed by atoms with Crippen LogP contribution >= 0.6 is 11.6 Å². The number of carbonyl (C=O) groups excluding carboxylic acids is 1. The molecule has 112 valence electrons. The molecule has 2 rings (SSSR count). The zero-order chi connectivity index (χ0) is 15.4. The van der Waals surface area contributed by atoms with Crippen molar-refractivity contribution in [1.29, 1.82) is 0 Å². The average molecular weight is 310 g/mol. The van der Waals surface area contributed by atoms with Gasteiger partial charge in [0.25, 0.3) is 0 Å². The average Bonchev–Trinajstić information content (AvgIpc) is 2.79. The molecule has 0 aliphatic rings. The number of aromatic nitrogens is 3. The molecule has 0 aliphatic heterocycles. The summed E-state index contributed by atoms with van der Waals surface area (Å²) < 4.78 is 6.67. The van der Waals surface area contributed by atoms with Crippen molar-refractivity contribution in [2.45, 2.75) is 20.0 Å². The van der Waals surface area contributed by atoms with Crippen LogP contribution in [0.2, 0.25) is 5.02 Å². The summed E-state index contributed by atoms with van der Waals surface area (Å²) in [5.41, 5.74) is 7.47. The topological polar surface area (TPSA) is 95.1 Å². The van der Waals surface area contributed by atoms with E-state index >= 15 is 0 Å². The standard InChI is InChI=1S/C13H16ClN5O2/c1-8-11(6-15)17-18-19(8)7-13(20)16-10-5-9(14)3-4-12(10)21-2/h3-5H,6-7,15H2,1-2H3,(H,16,20). The van der Waals surface area contributed by atoms with Gasteiger partial charge in [0.2, 0.25) is 5.91 Å². The van der Waals surface area contributed by atoms with Gasteiger partial charge in [-0.05, 0) is 25.1 Å². The molecule has 3 N–H and O–H groups in total. The smallest absolute Gasteiger partial charge is 0.246 e. The highest BCUT2D eigenvalue weighted by molar-refractivity contribution is 6.31. The van der Waals surface area contributed by atoms with Crippen LogP contribution in [0.3, 0.4) is 0 Å². The lowest BCUT2D eigenvalue weighted by Gasteiger charge is -2.11. The molecule has 1 heterocycles. The van der Waals surface area contributed by atoms with Crippen molar-refractivity contribution in [2.75, 3.05) is 12.4 Å². The summed E-state index contributed by atoms with van der Waals surface area (Å²) in [7, 11) is 1.52. The number of nitrogens with zero attached hydrogens (tertiary/aromatic N) is 3. The number of nitrogens with one attached hydrogen (secondary N) is 1. The minimum atomic E-state index is -0.257. The molecular weight excluding hydrogens is 294 g/mol. The van der Waals surface area contributed by atoms with Crippen LogP contribution in [0.4, 0.5) is 5.69 Å². The molecule has 0 radical (unpaired) electrons. The number of rotatable bonds is 5. The van der Waals surface area contributed by atoms with Gasteiger partial charge in [-0.3, -0.25) is 4.79 Å². The van der Waals surface area contributed by atoms with Gasteiger partial charge in [-0.15, -0.1) is 5.10 Å². The molecule has 0 atom stereocenters. The summed E-state index contributed by atoms with van der Waals surface area (Å²) in [5, 5.41) is 11.0. The van der Waals surface area contributed by atoms with E-state index in [0.717, 1.165) is 5.69 Å². The van der Waals surface area contributed by atoms with Crippen molar-refractivity contribution in [1.82, 2.24) is 15.0 Å². The van der Waals surface area contributed by atoms with E-state index in [1.807, 2.05) is 6.92 Å². The molecule has 0 fully saturated rings. The maximum Gasteiger partial charge on any atom is 0.246 e. The van der Waals surface area contributed by atoms with Gasteiger partial charge >= 0.3 is 0 Å². The van der Waals surface area contributed by atoms with E-state index in [0.29, 0.717) is 22.2 Å². The van der Waals surface area contributed by atoms with Crippen molar-refractivity contribution >= 4 is 23.2 Å². The molecule has 0 spiro atoms. The molecule has 8 heteroatoms. The molecule has 0 bridgehead atoms. The summed E-state index contributed by atoms with van der Waals surface area (Å²) in [6.45, 7) is 2.14. The van der Waals surface area contributed by atoms with E-state index in [9.17, 15) is 4.79 Å². The highest BCUT2D eigenvalue weighted by Gasteiger charge is 2.12. The number of halogens is 1. The molecular formula is C13H16ClN5O2. The first-order valence-corrected chi connectivity index (χ1v) is 6.65. The van der Waals surface area contributed by atoms with Crippen LogP contribution in [0.25, 0.3) is 0 Å². The Morgan fingerprint density at radius 1 is 1.52 bits per heavy atom. The summed E-state index contributed by atoms with van der Waals surface area (Å²) in [5.74, 6) is 0.276. The van der Waals surface area contributed by atoms with Crippen LogP contribution in [0.1, 0.15) is 11.4 Å². The first-order chi connectivity index (χ1) is 10.0. The highest BCUT2D eigenvalue weighted by atomic mass is 35.5. The summed E-state index contributed by atoms with van der Waals surface area (Å²) in [6.07, 6.45) is 0. The maximum absolute atomic E-state index is 12.1. The van der Waals surface area contributed by atoms with Crippen molar-refractivity contribution in [3.63, 3.8) is 0 Å². The van der Waals surface area contributed by atoms with Gasteiger partial charge in [0.05, 0.1) is 24.2 Å². The molecule has 1 aromatic heterocycles. The van der Waals surface area contributed by atoms with E-state index < -0.39 is 0 Å². The summed E-state index contributed by atoms with van der Waals surface area (Å²) in [6, 6.07) is 4.99. The van der Waals surface area contributed by atoms with Gasteiger partial charge in [-0.25, -0.2) is 4.68 Å². The molecule has 21 heavy (non-hydrogen) atoms. The van der Waals surface area contributed by atoms with E-state index in [4.69, 9.17) is 22.1 Å². The largest absolute Gasteiger partial charge is 0.495 e. The fraction of sp³-hybridized carbons (Fsp3) is 0.308. The molecule has 0 unspecified atom stereocenters. The molecule has 0 saturated heterocycles. The van der Waals surface area contributed by atoms with E-state index in [-0.39, 0.29) is 19.0 Å². The third-order valence-corrected chi connectivity index (χ3v) is 3.24. The van der Waals surface area contributed by atoms with Crippen LogP contribution in [-0.2, 0) is 17.9 Å². The SMILES string of the molecule is COc1ccc(Cl)cc1NC(=O)Cn1nnc(CN)c1C. The lowest BCUT2D eigenvalue weighted by atomic mass is 10.3. The van der Waals surface area contributed by atoms with Crippen molar-refractivity contribution in [3.05, 3.63) is 34.6 Å². The minimum absolute atomic E-state index is 0.0362. The number of nitrogens with two attached hydrogens (primary N) is 1. The number of hydrogen-bond acceptors (Lipinski definition) is 5. The second-order valence-corrected chi connectivity index (χ2v) is 4.81. The lowest BCUT2D eigenvalue weighted by Crippen LogP contribution is -2.20. The molecule has 1 aromatic carbocycles. The van der Waals surface area contributed by atoms with Gasteiger partial charge in [-0.2, -0.15) is 0 Å². The Bertz CT molecular complexity index is 656. The first kappa shape index (κ1) is 15.3. The van der Waals surface area contributed by atoms with Crippen LogP contribution < -0.4 is 15.8 Å². The Hall–Kier alpha value is -2.12. The number of benzene rings is 1. The molecule has 2 aromatic rings. The zero-order valence-corrected chi connectivity index (χ0v) is 12.5. The van der Waals surface area contributed by atoms with Gasteiger partial charge in [0, 0.05) is 11.6 Å². The van der Waals surface area contributed by atoms with Crippen LogP contribution in [0, 0.1) is 6.92 Å². The van der Waals surface area contributed by atoms with E-state index in [1.165, 1.54) is 11.8 Å². The molecule has 0 aliphatic carbocycles. The Morgan fingerprint density at radius 2 is 2.29 bits per heavy atom. The van der Waals surface area contributed by atoms with Crippen LogP contribution in [0.5, 0.6) is 5.75 Å². The Balaban J connectivity index is 2.11. The fourth-order valence-electron chi connectivity index (χ4n) is 1.84. The Kier molecular flexibility index (Phi) is 4.77. The third-order valence-electron chi connectivity index (χ3n) is 3.00. The van der Waals surface area contributed by atoms with E-state index in [1.54, 1.807) is 18.2 Å². The Morgan fingerprint density at radius 3 is 2.90 bits per heavy atom. The lowest BCUT2D eigenvalue weighted by molar-refractivity contribution is -0.117. The van der Waals surface area contributed by atoms with Crippen molar-refractivity contribution in [3.8, 4) is 5.75 Å². The molecule has 7 nitrogen and oxygen atoms in total. The number of amides is 1.